The SMILES string of the molecule is c1ccc2c(c1)cc(-c1cnccn1)n2C1CCCC1. The van der Waals surface area contributed by atoms with E-state index >= 15 is 0 Å². The van der Waals surface area contributed by atoms with Crippen molar-refractivity contribution < 1.29 is 0 Å². The van der Waals surface area contributed by atoms with E-state index in [1.54, 1.807) is 12.4 Å². The maximum absolute atomic E-state index is 4.49. The van der Waals surface area contributed by atoms with Crippen molar-refractivity contribution in [1.29, 1.82) is 0 Å². The minimum atomic E-state index is 0.604. The molecule has 0 atom stereocenters. The third-order valence-electron chi connectivity index (χ3n) is 4.26. The summed E-state index contributed by atoms with van der Waals surface area (Å²) >= 11 is 0. The number of hydrogen-bond donors (Lipinski definition) is 0. The Morgan fingerprint density at radius 1 is 1.05 bits per heavy atom. The zero-order valence-corrected chi connectivity index (χ0v) is 11.4. The monoisotopic (exact) mass is 263 g/mol. The van der Waals surface area contributed by atoms with Crippen molar-refractivity contribution >= 4 is 10.9 Å². The molecule has 0 radical (unpaired) electrons. The van der Waals surface area contributed by atoms with Crippen LogP contribution in [-0.4, -0.2) is 14.5 Å². The molecule has 0 N–H and O–H groups in total. The Kier molecular flexibility index (Phi) is 2.76. The van der Waals surface area contributed by atoms with Gasteiger partial charge in [0, 0.05) is 29.3 Å². The zero-order chi connectivity index (χ0) is 13.4. The maximum atomic E-state index is 4.49. The highest BCUT2D eigenvalue weighted by Gasteiger charge is 2.22. The van der Waals surface area contributed by atoms with Gasteiger partial charge in [-0.15, -0.1) is 0 Å². The first kappa shape index (κ1) is 11.6. The van der Waals surface area contributed by atoms with Gasteiger partial charge in [-0.2, -0.15) is 0 Å². The van der Waals surface area contributed by atoms with E-state index in [1.165, 1.54) is 42.3 Å². The van der Waals surface area contributed by atoms with Gasteiger partial charge in [-0.1, -0.05) is 31.0 Å². The molecule has 2 heterocycles. The normalized spacial score (nSPS) is 16.0. The topological polar surface area (TPSA) is 30.7 Å². The molecule has 1 aliphatic carbocycles. The predicted molar refractivity (Wildman–Crippen MR) is 80.5 cm³/mol. The van der Waals surface area contributed by atoms with Crippen LogP contribution in [0.4, 0.5) is 0 Å². The van der Waals surface area contributed by atoms with Gasteiger partial charge in [0.25, 0.3) is 0 Å². The van der Waals surface area contributed by atoms with Gasteiger partial charge < -0.3 is 4.57 Å². The summed E-state index contributed by atoms with van der Waals surface area (Å²) in [6.45, 7) is 0. The quantitative estimate of drug-likeness (QED) is 0.693. The van der Waals surface area contributed by atoms with Crippen LogP contribution in [0, 0.1) is 0 Å². The van der Waals surface area contributed by atoms with Crippen LogP contribution in [0.5, 0.6) is 0 Å². The van der Waals surface area contributed by atoms with Crippen molar-refractivity contribution in [3.8, 4) is 11.4 Å². The average molecular weight is 263 g/mol. The van der Waals surface area contributed by atoms with Gasteiger partial charge >= 0.3 is 0 Å². The van der Waals surface area contributed by atoms with Crippen molar-refractivity contribution in [3.05, 3.63) is 48.9 Å². The first-order valence-corrected chi connectivity index (χ1v) is 7.30. The van der Waals surface area contributed by atoms with Gasteiger partial charge in [-0.3, -0.25) is 9.97 Å². The largest absolute Gasteiger partial charge is 0.336 e. The average Bonchev–Trinajstić information content (AvgIpc) is 3.14. The zero-order valence-electron chi connectivity index (χ0n) is 11.4. The second-order valence-electron chi connectivity index (χ2n) is 5.49. The van der Waals surface area contributed by atoms with E-state index in [-0.39, 0.29) is 0 Å². The van der Waals surface area contributed by atoms with E-state index in [9.17, 15) is 0 Å². The summed E-state index contributed by atoms with van der Waals surface area (Å²) in [5.74, 6) is 0. The molecular weight excluding hydrogens is 246 g/mol. The summed E-state index contributed by atoms with van der Waals surface area (Å²) in [4.78, 5) is 8.72. The van der Waals surface area contributed by atoms with Gasteiger partial charge in [0.2, 0.25) is 0 Å². The van der Waals surface area contributed by atoms with E-state index in [0.29, 0.717) is 6.04 Å². The molecule has 0 unspecified atom stereocenters. The van der Waals surface area contributed by atoms with E-state index in [0.717, 1.165) is 5.69 Å². The molecular formula is C17H17N3. The van der Waals surface area contributed by atoms with Crippen molar-refractivity contribution in [3.63, 3.8) is 0 Å². The first-order chi connectivity index (χ1) is 9.93. The summed E-state index contributed by atoms with van der Waals surface area (Å²) in [6.07, 6.45) is 10.6. The third kappa shape index (κ3) is 1.82. The summed E-state index contributed by atoms with van der Waals surface area (Å²) in [6, 6.07) is 11.5. The summed E-state index contributed by atoms with van der Waals surface area (Å²) in [5, 5.41) is 1.29. The van der Waals surface area contributed by atoms with Gasteiger partial charge in [-0.05, 0) is 25.0 Å². The van der Waals surface area contributed by atoms with Gasteiger partial charge in [0.15, 0.2) is 0 Å². The molecule has 1 fully saturated rings. The van der Waals surface area contributed by atoms with Crippen molar-refractivity contribution in [2.75, 3.05) is 0 Å². The lowest BCUT2D eigenvalue weighted by molar-refractivity contribution is 0.540. The molecule has 1 aliphatic rings. The van der Waals surface area contributed by atoms with Crippen LogP contribution in [-0.2, 0) is 0 Å². The number of rotatable bonds is 2. The first-order valence-electron chi connectivity index (χ1n) is 7.30. The number of hydrogen-bond acceptors (Lipinski definition) is 2. The minimum absolute atomic E-state index is 0.604. The molecule has 0 amide bonds. The Bertz CT molecular complexity index is 724. The number of aromatic nitrogens is 3. The van der Waals surface area contributed by atoms with Crippen LogP contribution in [0.25, 0.3) is 22.3 Å². The fraction of sp³-hybridized carbons (Fsp3) is 0.294. The lowest BCUT2D eigenvalue weighted by atomic mass is 10.2. The molecule has 3 nitrogen and oxygen atoms in total. The fourth-order valence-electron chi connectivity index (χ4n) is 3.36. The van der Waals surface area contributed by atoms with Crippen molar-refractivity contribution in [2.24, 2.45) is 0 Å². The molecule has 3 heteroatoms. The van der Waals surface area contributed by atoms with Crippen LogP contribution in [0.15, 0.2) is 48.9 Å². The molecule has 100 valence electrons. The molecule has 0 saturated heterocycles. The standard InChI is InChI=1S/C17H17N3/c1-4-8-16-13(5-1)11-17(15-12-18-9-10-19-15)20(16)14-6-2-3-7-14/h1,4-5,8-12,14H,2-3,6-7H2. The Morgan fingerprint density at radius 3 is 2.70 bits per heavy atom. The lowest BCUT2D eigenvalue weighted by Crippen LogP contribution is -2.06. The van der Waals surface area contributed by atoms with Gasteiger partial charge in [-0.25, -0.2) is 0 Å². The Balaban J connectivity index is 1.97. The molecule has 20 heavy (non-hydrogen) atoms. The van der Waals surface area contributed by atoms with E-state index in [1.807, 2.05) is 6.20 Å². The van der Waals surface area contributed by atoms with Crippen LogP contribution < -0.4 is 0 Å². The van der Waals surface area contributed by atoms with Crippen molar-refractivity contribution in [1.82, 2.24) is 14.5 Å². The third-order valence-corrected chi connectivity index (χ3v) is 4.26. The highest BCUT2D eigenvalue weighted by atomic mass is 15.0. The van der Waals surface area contributed by atoms with E-state index in [4.69, 9.17) is 0 Å². The van der Waals surface area contributed by atoms with E-state index < -0.39 is 0 Å². The Morgan fingerprint density at radius 2 is 1.90 bits per heavy atom. The predicted octanol–water partition coefficient (Wildman–Crippen LogP) is 4.21. The van der Waals surface area contributed by atoms with Gasteiger partial charge in [0.05, 0.1) is 11.9 Å². The summed E-state index contributed by atoms with van der Waals surface area (Å²) in [5.41, 5.74) is 3.49. The minimum Gasteiger partial charge on any atom is -0.336 e. The number of fused-ring (bicyclic) bond motifs is 1. The molecule has 2 aromatic heterocycles. The molecule has 1 aromatic carbocycles. The Hall–Kier alpha value is -2.16. The highest BCUT2D eigenvalue weighted by Crippen LogP contribution is 2.37. The maximum Gasteiger partial charge on any atom is 0.105 e. The van der Waals surface area contributed by atoms with Crippen LogP contribution in [0.2, 0.25) is 0 Å². The smallest absolute Gasteiger partial charge is 0.105 e. The van der Waals surface area contributed by atoms with Crippen LogP contribution in [0.1, 0.15) is 31.7 Å². The van der Waals surface area contributed by atoms with Crippen LogP contribution >= 0.6 is 0 Å². The molecule has 0 aliphatic heterocycles. The summed E-state index contributed by atoms with van der Waals surface area (Å²) < 4.78 is 2.48. The second kappa shape index (κ2) is 4.75. The summed E-state index contributed by atoms with van der Waals surface area (Å²) in [7, 11) is 0. The highest BCUT2D eigenvalue weighted by molar-refractivity contribution is 5.86. The number of para-hydroxylation sites is 1. The van der Waals surface area contributed by atoms with Gasteiger partial charge in [0.1, 0.15) is 5.69 Å². The molecule has 3 aromatic rings. The number of nitrogens with zero attached hydrogens (tertiary/aromatic N) is 3. The molecule has 1 saturated carbocycles. The lowest BCUT2D eigenvalue weighted by Gasteiger charge is -2.17. The molecule has 4 rings (SSSR count). The van der Waals surface area contributed by atoms with E-state index in [2.05, 4.69) is 44.9 Å². The van der Waals surface area contributed by atoms with Crippen molar-refractivity contribution in [2.45, 2.75) is 31.7 Å². The van der Waals surface area contributed by atoms with Crippen LogP contribution in [0.3, 0.4) is 0 Å². The molecule has 0 spiro atoms. The number of benzene rings is 1. The fourth-order valence-corrected chi connectivity index (χ4v) is 3.36. The Labute approximate surface area is 118 Å². The molecule has 0 bridgehead atoms. The second-order valence-corrected chi connectivity index (χ2v) is 5.49.